The van der Waals surface area contributed by atoms with Crippen LogP contribution in [0.5, 0.6) is 0 Å². The topological polar surface area (TPSA) is 66.7 Å². The van der Waals surface area contributed by atoms with E-state index >= 15 is 0 Å². The number of thioether (sulfide) groups is 1. The highest BCUT2D eigenvalue weighted by atomic mass is 35.5. The summed E-state index contributed by atoms with van der Waals surface area (Å²) in [5, 5.41) is 2.94. The summed E-state index contributed by atoms with van der Waals surface area (Å²) < 4.78 is 0. The fraction of sp³-hybridized carbons (Fsp3) is 0.0714. The summed E-state index contributed by atoms with van der Waals surface area (Å²) >= 11 is 7.81. The number of aromatic nitrogens is 2. The summed E-state index contributed by atoms with van der Waals surface area (Å²) in [5.41, 5.74) is 4.47. The highest BCUT2D eigenvalue weighted by Gasteiger charge is 2.06. The predicted molar refractivity (Wildman–Crippen MR) is 84.9 cm³/mol. The lowest BCUT2D eigenvalue weighted by Crippen LogP contribution is -2.09. The van der Waals surface area contributed by atoms with Gasteiger partial charge in [0.05, 0.1) is 15.7 Å². The van der Waals surface area contributed by atoms with Crippen molar-refractivity contribution in [3.63, 3.8) is 0 Å². The van der Waals surface area contributed by atoms with Crippen LogP contribution in [0.25, 0.3) is 10.9 Å². The van der Waals surface area contributed by atoms with Crippen LogP contribution in [0.2, 0.25) is 5.02 Å². The van der Waals surface area contributed by atoms with Crippen molar-refractivity contribution in [1.82, 2.24) is 9.97 Å². The molecule has 0 fully saturated rings. The highest BCUT2D eigenvalue weighted by Crippen LogP contribution is 2.28. The summed E-state index contributed by atoms with van der Waals surface area (Å²) in [4.78, 5) is 7.72. The molecule has 2 heterocycles. The first kappa shape index (κ1) is 13.3. The van der Waals surface area contributed by atoms with Gasteiger partial charge in [-0.15, -0.1) is 11.8 Å². The van der Waals surface area contributed by atoms with E-state index in [-0.39, 0.29) is 0 Å². The Bertz CT molecular complexity index is 708. The van der Waals surface area contributed by atoms with Crippen molar-refractivity contribution in [1.29, 1.82) is 0 Å². The van der Waals surface area contributed by atoms with Crippen LogP contribution in [0.15, 0.2) is 47.5 Å². The Hall–Kier alpha value is -1.69. The molecule has 0 aliphatic carbocycles. The summed E-state index contributed by atoms with van der Waals surface area (Å²) in [6.07, 6.45) is 0. The second-order valence-corrected chi connectivity index (χ2v) is 5.70. The summed E-state index contributed by atoms with van der Waals surface area (Å²) in [6, 6.07) is 13.9. The number of pyridine rings is 1. The molecule has 0 amide bonds. The maximum atomic E-state index is 6.14. The molecule has 0 saturated carbocycles. The summed E-state index contributed by atoms with van der Waals surface area (Å²) in [7, 11) is 0. The van der Waals surface area contributed by atoms with Crippen LogP contribution in [0.1, 0.15) is 5.69 Å². The maximum absolute atomic E-state index is 6.14. The largest absolute Gasteiger partial charge is 0.350 e. The van der Waals surface area contributed by atoms with E-state index in [0.29, 0.717) is 16.6 Å². The average molecular weight is 305 g/mol. The fourth-order valence-electron chi connectivity index (χ4n) is 1.94. The highest BCUT2D eigenvalue weighted by molar-refractivity contribution is 7.98. The van der Waals surface area contributed by atoms with Crippen molar-refractivity contribution in [3.8, 4) is 0 Å². The number of halogens is 1. The van der Waals surface area contributed by atoms with E-state index in [9.17, 15) is 0 Å². The molecule has 0 unspecified atom stereocenters. The van der Waals surface area contributed by atoms with Crippen LogP contribution in [-0.4, -0.2) is 9.97 Å². The van der Waals surface area contributed by atoms with E-state index in [1.807, 2.05) is 12.1 Å². The van der Waals surface area contributed by atoms with E-state index in [0.717, 1.165) is 16.2 Å². The van der Waals surface area contributed by atoms with E-state index < -0.39 is 0 Å². The van der Waals surface area contributed by atoms with Crippen LogP contribution in [0.4, 0.5) is 5.82 Å². The lowest BCUT2D eigenvalue weighted by Gasteiger charge is -2.05. The second-order valence-electron chi connectivity index (χ2n) is 4.28. The van der Waals surface area contributed by atoms with Crippen LogP contribution < -0.4 is 11.3 Å². The van der Waals surface area contributed by atoms with Crippen LogP contribution in [-0.2, 0) is 5.75 Å². The summed E-state index contributed by atoms with van der Waals surface area (Å²) in [5.74, 6) is 6.65. The number of hydrazine groups is 1. The molecule has 0 bridgehead atoms. The number of nitrogen functional groups attached to an aromatic ring is 1. The Balaban J connectivity index is 1.79. The number of H-pyrrole nitrogens is 1. The third kappa shape index (κ3) is 2.75. The number of aromatic amines is 1. The van der Waals surface area contributed by atoms with Gasteiger partial charge >= 0.3 is 0 Å². The molecule has 4 nitrogen and oxygen atoms in total. The molecule has 102 valence electrons. The molecule has 3 aromatic rings. The molecule has 0 saturated heterocycles. The molecule has 2 aromatic heterocycles. The average Bonchev–Trinajstić information content (AvgIpc) is 2.89. The van der Waals surface area contributed by atoms with Gasteiger partial charge in [-0.2, -0.15) is 0 Å². The molecule has 0 aliphatic heterocycles. The predicted octanol–water partition coefficient (Wildman–Crippen LogP) is 3.79. The monoisotopic (exact) mass is 304 g/mol. The third-order valence-corrected chi connectivity index (χ3v) is 4.23. The number of benzene rings is 1. The quantitative estimate of drug-likeness (QED) is 0.390. The minimum Gasteiger partial charge on any atom is -0.350 e. The zero-order valence-electron chi connectivity index (χ0n) is 10.6. The number of nitrogens with two attached hydrogens (primary N) is 1. The molecule has 3 rings (SSSR count). The zero-order valence-corrected chi connectivity index (χ0v) is 12.1. The molecule has 0 atom stereocenters. The number of nitrogens with one attached hydrogen (secondary N) is 2. The molecular weight excluding hydrogens is 292 g/mol. The van der Waals surface area contributed by atoms with Gasteiger partial charge in [0.15, 0.2) is 0 Å². The Morgan fingerprint density at radius 2 is 2.10 bits per heavy atom. The van der Waals surface area contributed by atoms with Gasteiger partial charge < -0.3 is 10.4 Å². The number of anilines is 1. The number of rotatable bonds is 4. The third-order valence-electron chi connectivity index (χ3n) is 2.94. The Kier molecular flexibility index (Phi) is 3.82. The maximum Gasteiger partial charge on any atom is 0.140 e. The fourth-order valence-corrected chi connectivity index (χ4v) is 3.09. The van der Waals surface area contributed by atoms with Gasteiger partial charge in [-0.05, 0) is 24.3 Å². The lowest BCUT2D eigenvalue weighted by molar-refractivity contribution is 1.14. The summed E-state index contributed by atoms with van der Waals surface area (Å²) in [6.45, 7) is 0. The van der Waals surface area contributed by atoms with Gasteiger partial charge in [-0.3, -0.25) is 0 Å². The molecular formula is C14H13ClN4S. The van der Waals surface area contributed by atoms with Crippen molar-refractivity contribution in [2.24, 2.45) is 5.84 Å². The Morgan fingerprint density at radius 3 is 2.90 bits per heavy atom. The Morgan fingerprint density at radius 1 is 1.25 bits per heavy atom. The van der Waals surface area contributed by atoms with Gasteiger partial charge in [-0.25, -0.2) is 10.8 Å². The van der Waals surface area contributed by atoms with Gasteiger partial charge in [0.1, 0.15) is 5.82 Å². The van der Waals surface area contributed by atoms with Crippen molar-refractivity contribution >= 4 is 40.1 Å². The van der Waals surface area contributed by atoms with Crippen molar-refractivity contribution < 1.29 is 0 Å². The van der Waals surface area contributed by atoms with Crippen LogP contribution in [0.3, 0.4) is 0 Å². The smallest absolute Gasteiger partial charge is 0.140 e. The van der Waals surface area contributed by atoms with Crippen molar-refractivity contribution in [3.05, 3.63) is 53.2 Å². The van der Waals surface area contributed by atoms with E-state index in [1.54, 1.807) is 23.9 Å². The minimum absolute atomic E-state index is 0.613. The van der Waals surface area contributed by atoms with Crippen molar-refractivity contribution in [2.45, 2.75) is 10.8 Å². The first-order valence-electron chi connectivity index (χ1n) is 6.09. The number of hydrogen-bond donors (Lipinski definition) is 3. The number of hydrogen-bond acceptors (Lipinski definition) is 4. The normalized spacial score (nSPS) is 10.9. The molecule has 1 aromatic carbocycles. The Labute approximate surface area is 125 Å². The lowest BCUT2D eigenvalue weighted by atomic mass is 10.3. The standard InChI is InChI=1S/C14H13ClN4S/c15-10-5-6-13(19-16)17-12(10)8-20-14-7-9-3-1-2-4-11(9)18-14/h1-7,18H,8,16H2,(H,17,19). The number of para-hydroxylation sites is 1. The minimum atomic E-state index is 0.613. The van der Waals surface area contributed by atoms with E-state index in [1.165, 1.54) is 5.39 Å². The van der Waals surface area contributed by atoms with Crippen LogP contribution in [0, 0.1) is 0 Å². The molecule has 0 aliphatic rings. The number of fused-ring (bicyclic) bond motifs is 1. The van der Waals surface area contributed by atoms with E-state index in [4.69, 9.17) is 17.4 Å². The molecule has 0 radical (unpaired) electrons. The second kappa shape index (κ2) is 5.75. The molecule has 4 N–H and O–H groups in total. The van der Waals surface area contributed by atoms with Gasteiger partial charge in [0.25, 0.3) is 0 Å². The van der Waals surface area contributed by atoms with Crippen LogP contribution >= 0.6 is 23.4 Å². The molecule has 20 heavy (non-hydrogen) atoms. The zero-order chi connectivity index (χ0) is 13.9. The van der Waals surface area contributed by atoms with Crippen molar-refractivity contribution in [2.75, 3.05) is 5.43 Å². The van der Waals surface area contributed by atoms with E-state index in [2.05, 4.69) is 33.6 Å². The molecule has 6 heteroatoms. The first-order chi connectivity index (χ1) is 9.76. The van der Waals surface area contributed by atoms with Gasteiger partial charge in [0.2, 0.25) is 0 Å². The number of nitrogens with zero attached hydrogens (tertiary/aromatic N) is 1. The van der Waals surface area contributed by atoms with Gasteiger partial charge in [0, 0.05) is 16.7 Å². The van der Waals surface area contributed by atoms with Gasteiger partial charge in [-0.1, -0.05) is 29.8 Å². The first-order valence-corrected chi connectivity index (χ1v) is 7.45. The SMILES string of the molecule is NNc1ccc(Cl)c(CSc2cc3ccccc3[nH]2)n1. The molecule has 0 spiro atoms.